The van der Waals surface area contributed by atoms with Gasteiger partial charge in [-0.25, -0.2) is 14.6 Å². The Hall–Kier alpha value is -3.36. The lowest BCUT2D eigenvalue weighted by Gasteiger charge is -2.32. The molecule has 0 aromatic carbocycles. The molecule has 1 fully saturated rings. The zero-order valence-electron chi connectivity index (χ0n) is 15.9. The van der Waals surface area contributed by atoms with E-state index in [0.29, 0.717) is 18.3 Å². The summed E-state index contributed by atoms with van der Waals surface area (Å²) >= 11 is 0. The van der Waals surface area contributed by atoms with Gasteiger partial charge in [-0.3, -0.25) is 10.1 Å². The van der Waals surface area contributed by atoms with Gasteiger partial charge in [-0.1, -0.05) is 0 Å². The smallest absolute Gasteiger partial charge is 0.231 e. The fraction of sp³-hybridized carbons (Fsp3) is 0.368. The molecule has 28 heavy (non-hydrogen) atoms. The molecular formula is C19H22N8O. The van der Waals surface area contributed by atoms with Gasteiger partial charge < -0.3 is 4.90 Å². The van der Waals surface area contributed by atoms with E-state index in [1.807, 2.05) is 32.0 Å². The Labute approximate surface area is 162 Å². The number of amides is 1. The third kappa shape index (κ3) is 3.83. The van der Waals surface area contributed by atoms with E-state index in [2.05, 4.69) is 35.5 Å². The van der Waals surface area contributed by atoms with Crippen LogP contribution < -0.4 is 10.2 Å². The largest absolute Gasteiger partial charge is 0.354 e. The lowest BCUT2D eigenvalue weighted by Crippen LogP contribution is -2.41. The van der Waals surface area contributed by atoms with Crippen LogP contribution in [-0.4, -0.2) is 48.9 Å². The molecule has 3 aromatic rings. The van der Waals surface area contributed by atoms with Crippen molar-refractivity contribution in [2.45, 2.75) is 26.7 Å². The molecule has 9 nitrogen and oxygen atoms in total. The first kappa shape index (κ1) is 18.0. The number of rotatable bonds is 4. The van der Waals surface area contributed by atoms with Gasteiger partial charge in [-0.05, 0) is 51.0 Å². The summed E-state index contributed by atoms with van der Waals surface area (Å²) in [6.07, 6.45) is 4.95. The van der Waals surface area contributed by atoms with Crippen molar-refractivity contribution in [2.24, 2.45) is 5.92 Å². The molecule has 1 saturated heterocycles. The first-order valence-corrected chi connectivity index (χ1v) is 9.30. The van der Waals surface area contributed by atoms with Crippen molar-refractivity contribution in [3.63, 3.8) is 0 Å². The molecule has 1 unspecified atom stereocenters. The number of piperidine rings is 1. The molecule has 9 heteroatoms. The highest BCUT2D eigenvalue weighted by Gasteiger charge is 2.27. The average molecular weight is 378 g/mol. The highest BCUT2D eigenvalue weighted by Crippen LogP contribution is 2.22. The van der Waals surface area contributed by atoms with Crippen LogP contribution in [0.3, 0.4) is 0 Å². The molecule has 1 aliphatic rings. The summed E-state index contributed by atoms with van der Waals surface area (Å²) in [5.41, 5.74) is 1.95. The van der Waals surface area contributed by atoms with Crippen LogP contribution in [0.1, 0.15) is 24.2 Å². The maximum absolute atomic E-state index is 12.6. The quantitative estimate of drug-likeness (QED) is 0.740. The van der Waals surface area contributed by atoms with Gasteiger partial charge in [0, 0.05) is 31.2 Å². The summed E-state index contributed by atoms with van der Waals surface area (Å²) in [7, 11) is 0. The van der Waals surface area contributed by atoms with Crippen molar-refractivity contribution < 1.29 is 4.79 Å². The van der Waals surface area contributed by atoms with Crippen molar-refractivity contribution >= 4 is 17.7 Å². The molecule has 0 bridgehead atoms. The second kappa shape index (κ2) is 7.71. The molecule has 0 radical (unpaired) electrons. The second-order valence-electron chi connectivity index (χ2n) is 6.94. The van der Waals surface area contributed by atoms with Crippen LogP contribution >= 0.6 is 0 Å². The van der Waals surface area contributed by atoms with Crippen LogP contribution in [0.15, 0.2) is 36.7 Å². The van der Waals surface area contributed by atoms with E-state index in [4.69, 9.17) is 0 Å². The number of aromatic nitrogens is 6. The lowest BCUT2D eigenvalue weighted by atomic mass is 9.97. The predicted octanol–water partition coefficient (Wildman–Crippen LogP) is 1.92. The number of aryl methyl sites for hydroxylation is 2. The summed E-state index contributed by atoms with van der Waals surface area (Å²) in [6.45, 7) is 5.37. The summed E-state index contributed by atoms with van der Waals surface area (Å²) in [4.78, 5) is 22.8. The van der Waals surface area contributed by atoms with Crippen LogP contribution in [0.4, 0.5) is 11.8 Å². The molecule has 0 spiro atoms. The average Bonchev–Trinajstić information content (AvgIpc) is 3.07. The number of hydrogen-bond acceptors (Lipinski definition) is 7. The molecule has 1 N–H and O–H groups in total. The Bertz CT molecular complexity index is 954. The highest BCUT2D eigenvalue weighted by molar-refractivity contribution is 5.91. The van der Waals surface area contributed by atoms with Crippen LogP contribution in [0.25, 0.3) is 5.82 Å². The first-order valence-electron chi connectivity index (χ1n) is 9.30. The van der Waals surface area contributed by atoms with E-state index in [0.717, 1.165) is 36.6 Å². The summed E-state index contributed by atoms with van der Waals surface area (Å²) in [6, 6.07) is 7.55. The Balaban J connectivity index is 1.44. The molecule has 144 valence electrons. The molecule has 4 heterocycles. The highest BCUT2D eigenvalue weighted by atomic mass is 16.2. The van der Waals surface area contributed by atoms with Crippen LogP contribution in [-0.2, 0) is 4.79 Å². The molecular weight excluding hydrogens is 356 g/mol. The van der Waals surface area contributed by atoms with E-state index in [-0.39, 0.29) is 11.8 Å². The third-order valence-corrected chi connectivity index (χ3v) is 4.78. The Morgan fingerprint density at radius 3 is 2.57 bits per heavy atom. The number of hydrogen-bond donors (Lipinski definition) is 1. The van der Waals surface area contributed by atoms with Crippen molar-refractivity contribution in [2.75, 3.05) is 23.3 Å². The molecule has 1 atom stereocenters. The predicted molar refractivity (Wildman–Crippen MR) is 104 cm³/mol. The zero-order chi connectivity index (χ0) is 19.5. The summed E-state index contributed by atoms with van der Waals surface area (Å²) in [5, 5.41) is 15.9. The van der Waals surface area contributed by atoms with E-state index in [1.54, 1.807) is 23.1 Å². The molecule has 1 aliphatic heterocycles. The van der Waals surface area contributed by atoms with E-state index < -0.39 is 0 Å². The van der Waals surface area contributed by atoms with E-state index >= 15 is 0 Å². The maximum Gasteiger partial charge on any atom is 0.231 e. The SMILES string of the molecule is Cc1cc(C)n(-c2ccc(N3CCCC(C(=O)Nc4ncccn4)C3)nn2)n1. The van der Waals surface area contributed by atoms with E-state index in [1.165, 1.54) is 0 Å². The van der Waals surface area contributed by atoms with Crippen LogP contribution in [0, 0.1) is 19.8 Å². The van der Waals surface area contributed by atoms with Gasteiger partial charge in [0.15, 0.2) is 11.6 Å². The molecule has 1 amide bonds. The van der Waals surface area contributed by atoms with Gasteiger partial charge in [-0.2, -0.15) is 5.10 Å². The molecule has 4 rings (SSSR count). The minimum Gasteiger partial charge on any atom is -0.354 e. The van der Waals surface area contributed by atoms with Gasteiger partial charge in [0.2, 0.25) is 11.9 Å². The van der Waals surface area contributed by atoms with Crippen molar-refractivity contribution in [1.82, 2.24) is 29.9 Å². The van der Waals surface area contributed by atoms with Crippen molar-refractivity contribution in [1.29, 1.82) is 0 Å². The van der Waals surface area contributed by atoms with Crippen molar-refractivity contribution in [3.05, 3.63) is 48.0 Å². The standard InChI is InChI=1S/C19H22N8O/c1-13-11-14(2)27(25-13)17-7-6-16(23-24-17)26-10-3-5-15(12-26)18(28)22-19-20-8-4-9-21-19/h4,6-9,11,15H,3,5,10,12H2,1-2H3,(H,20,21,22,28). The minimum atomic E-state index is -0.143. The Morgan fingerprint density at radius 2 is 1.89 bits per heavy atom. The Kier molecular flexibility index (Phi) is 4.96. The van der Waals surface area contributed by atoms with Gasteiger partial charge >= 0.3 is 0 Å². The first-order chi connectivity index (χ1) is 13.6. The fourth-order valence-corrected chi connectivity index (χ4v) is 3.44. The normalized spacial score (nSPS) is 16.8. The van der Waals surface area contributed by atoms with E-state index in [9.17, 15) is 4.79 Å². The topological polar surface area (TPSA) is 102 Å². The van der Waals surface area contributed by atoms with Gasteiger partial charge in [0.25, 0.3) is 0 Å². The lowest BCUT2D eigenvalue weighted by molar-refractivity contribution is -0.120. The van der Waals surface area contributed by atoms with Gasteiger partial charge in [0.1, 0.15) is 0 Å². The molecule has 0 aliphatic carbocycles. The monoisotopic (exact) mass is 378 g/mol. The minimum absolute atomic E-state index is 0.0666. The number of anilines is 2. The fourth-order valence-electron chi connectivity index (χ4n) is 3.44. The number of carbonyl (C=O) groups is 1. The summed E-state index contributed by atoms with van der Waals surface area (Å²) < 4.78 is 1.78. The Morgan fingerprint density at radius 1 is 1.14 bits per heavy atom. The number of nitrogens with zero attached hydrogens (tertiary/aromatic N) is 7. The van der Waals surface area contributed by atoms with Crippen LogP contribution in [0.2, 0.25) is 0 Å². The summed E-state index contributed by atoms with van der Waals surface area (Å²) in [5.74, 6) is 1.57. The third-order valence-electron chi connectivity index (χ3n) is 4.78. The van der Waals surface area contributed by atoms with Crippen LogP contribution in [0.5, 0.6) is 0 Å². The molecule has 3 aromatic heterocycles. The second-order valence-corrected chi connectivity index (χ2v) is 6.94. The van der Waals surface area contributed by atoms with Gasteiger partial charge in [-0.15, -0.1) is 10.2 Å². The van der Waals surface area contributed by atoms with Gasteiger partial charge in [0.05, 0.1) is 11.6 Å². The van der Waals surface area contributed by atoms with Crippen molar-refractivity contribution in [3.8, 4) is 5.82 Å². The maximum atomic E-state index is 12.6. The zero-order valence-corrected chi connectivity index (χ0v) is 15.9. The molecule has 0 saturated carbocycles. The number of nitrogens with one attached hydrogen (secondary N) is 1. The number of carbonyl (C=O) groups excluding carboxylic acids is 1.